The van der Waals surface area contributed by atoms with Gasteiger partial charge in [0, 0.05) is 13.0 Å². The smallest absolute Gasteiger partial charge is 0.326 e. The Hall–Kier alpha value is -1.79. The largest absolute Gasteiger partial charge is 0.480 e. The molecule has 1 rings (SSSR count). The third-order valence-electron chi connectivity index (χ3n) is 3.31. The van der Waals surface area contributed by atoms with Crippen LogP contribution >= 0.6 is 0 Å². The molecule has 0 radical (unpaired) electrons. The number of hydrogen-bond acceptors (Lipinski definition) is 3. The highest BCUT2D eigenvalue weighted by molar-refractivity contribution is 5.83. The number of nitrogens with two attached hydrogens (primary N) is 1. The molecule has 19 heavy (non-hydrogen) atoms. The van der Waals surface area contributed by atoms with Crippen LogP contribution in [0.2, 0.25) is 0 Å². The average molecular weight is 271 g/mol. The van der Waals surface area contributed by atoms with Gasteiger partial charge in [-0.3, -0.25) is 4.79 Å². The summed E-state index contributed by atoms with van der Waals surface area (Å²) in [6, 6.07) is -1.60. The summed E-state index contributed by atoms with van der Waals surface area (Å²) in [5.74, 6) is -1.27. The molecule has 0 heterocycles. The lowest BCUT2D eigenvalue weighted by Gasteiger charge is -2.16. The molecule has 1 atom stereocenters. The van der Waals surface area contributed by atoms with Gasteiger partial charge in [-0.25, -0.2) is 9.59 Å². The van der Waals surface area contributed by atoms with Gasteiger partial charge in [0.05, 0.1) is 0 Å². The van der Waals surface area contributed by atoms with E-state index in [0.717, 1.165) is 12.8 Å². The summed E-state index contributed by atoms with van der Waals surface area (Å²) in [4.78, 5) is 33.1. The van der Waals surface area contributed by atoms with Crippen molar-refractivity contribution in [1.82, 2.24) is 10.6 Å². The second-order valence-electron chi connectivity index (χ2n) is 4.90. The Morgan fingerprint density at radius 1 is 1.26 bits per heavy atom. The molecule has 5 N–H and O–H groups in total. The predicted molar refractivity (Wildman–Crippen MR) is 68.3 cm³/mol. The van der Waals surface area contributed by atoms with Gasteiger partial charge in [0.2, 0.25) is 5.91 Å². The molecule has 0 aromatic carbocycles. The molecule has 3 amide bonds. The van der Waals surface area contributed by atoms with Crippen LogP contribution in [0, 0.1) is 5.92 Å². The first-order chi connectivity index (χ1) is 8.99. The van der Waals surface area contributed by atoms with Crippen molar-refractivity contribution in [3.05, 3.63) is 0 Å². The van der Waals surface area contributed by atoms with Crippen molar-refractivity contribution in [3.8, 4) is 0 Å². The number of rotatable bonds is 7. The first kappa shape index (κ1) is 15.3. The van der Waals surface area contributed by atoms with Crippen LogP contribution in [0.4, 0.5) is 4.79 Å². The minimum Gasteiger partial charge on any atom is -0.480 e. The topological polar surface area (TPSA) is 122 Å². The third-order valence-corrected chi connectivity index (χ3v) is 3.31. The number of carboxylic acid groups (broad SMARTS) is 1. The summed E-state index contributed by atoms with van der Waals surface area (Å²) in [6.45, 7) is 0.563. The molecule has 0 bridgehead atoms. The zero-order chi connectivity index (χ0) is 14.3. The quantitative estimate of drug-likeness (QED) is 0.528. The van der Waals surface area contributed by atoms with Crippen molar-refractivity contribution in [2.24, 2.45) is 11.7 Å². The van der Waals surface area contributed by atoms with Crippen molar-refractivity contribution < 1.29 is 19.5 Å². The number of amides is 3. The minimum atomic E-state index is -1.17. The third kappa shape index (κ3) is 6.08. The normalized spacial score (nSPS) is 16.8. The number of hydrogen-bond donors (Lipinski definition) is 4. The number of carboxylic acids is 1. The molecule has 1 aliphatic rings. The van der Waals surface area contributed by atoms with Crippen LogP contribution in [-0.4, -0.2) is 35.6 Å². The molecule has 1 aliphatic carbocycles. The van der Waals surface area contributed by atoms with E-state index in [-0.39, 0.29) is 12.8 Å². The van der Waals surface area contributed by atoms with E-state index in [1.54, 1.807) is 0 Å². The highest BCUT2D eigenvalue weighted by atomic mass is 16.4. The molecule has 1 unspecified atom stereocenters. The van der Waals surface area contributed by atoms with Gasteiger partial charge in [0.15, 0.2) is 0 Å². The van der Waals surface area contributed by atoms with E-state index in [4.69, 9.17) is 10.8 Å². The molecule has 0 aromatic rings. The second kappa shape index (κ2) is 7.60. The van der Waals surface area contributed by atoms with Crippen LogP contribution in [0.3, 0.4) is 0 Å². The van der Waals surface area contributed by atoms with E-state index in [1.807, 2.05) is 0 Å². The van der Waals surface area contributed by atoms with E-state index in [9.17, 15) is 14.4 Å². The maximum atomic E-state index is 11.6. The van der Waals surface area contributed by atoms with Crippen LogP contribution in [0.5, 0.6) is 0 Å². The molecule has 0 aliphatic heterocycles. The first-order valence-corrected chi connectivity index (χ1v) is 6.54. The van der Waals surface area contributed by atoms with Gasteiger partial charge in [-0.2, -0.15) is 0 Å². The van der Waals surface area contributed by atoms with E-state index >= 15 is 0 Å². The van der Waals surface area contributed by atoms with Gasteiger partial charge in [-0.05, 0) is 25.2 Å². The van der Waals surface area contributed by atoms with Gasteiger partial charge in [-0.1, -0.05) is 12.8 Å². The molecule has 7 heteroatoms. The van der Waals surface area contributed by atoms with Crippen molar-refractivity contribution in [3.63, 3.8) is 0 Å². The van der Waals surface area contributed by atoms with E-state index < -0.39 is 23.9 Å². The van der Waals surface area contributed by atoms with Crippen LogP contribution in [0.1, 0.15) is 38.5 Å². The Kier molecular flexibility index (Phi) is 6.11. The SMILES string of the molecule is NC(=O)CCC(NC(=O)NCC1CCCC1)C(=O)O. The zero-order valence-electron chi connectivity index (χ0n) is 10.9. The lowest BCUT2D eigenvalue weighted by Crippen LogP contribution is -2.47. The Morgan fingerprint density at radius 3 is 2.42 bits per heavy atom. The van der Waals surface area contributed by atoms with E-state index in [2.05, 4.69) is 10.6 Å². The molecule has 1 saturated carbocycles. The number of aliphatic carboxylic acids is 1. The molecule has 0 aromatic heterocycles. The molecule has 0 saturated heterocycles. The van der Waals surface area contributed by atoms with Gasteiger partial charge in [0.25, 0.3) is 0 Å². The number of urea groups is 1. The maximum absolute atomic E-state index is 11.6. The fourth-order valence-electron chi connectivity index (χ4n) is 2.20. The Balaban J connectivity index is 2.29. The maximum Gasteiger partial charge on any atom is 0.326 e. The van der Waals surface area contributed by atoms with Crippen LogP contribution < -0.4 is 16.4 Å². The number of nitrogens with one attached hydrogen (secondary N) is 2. The van der Waals surface area contributed by atoms with Gasteiger partial charge < -0.3 is 21.5 Å². The van der Waals surface area contributed by atoms with Gasteiger partial charge >= 0.3 is 12.0 Å². The highest BCUT2D eigenvalue weighted by Gasteiger charge is 2.21. The number of primary amides is 1. The van der Waals surface area contributed by atoms with Crippen molar-refractivity contribution >= 4 is 17.9 Å². The average Bonchev–Trinajstić information content (AvgIpc) is 2.84. The fraction of sp³-hybridized carbons (Fsp3) is 0.750. The number of carbonyl (C=O) groups is 3. The van der Waals surface area contributed by atoms with Gasteiger partial charge in [-0.15, -0.1) is 0 Å². The summed E-state index contributed by atoms with van der Waals surface area (Å²) in [7, 11) is 0. The fourth-order valence-corrected chi connectivity index (χ4v) is 2.20. The Labute approximate surface area is 111 Å². The predicted octanol–water partition coefficient (Wildman–Crippen LogP) is 0.194. The van der Waals surface area contributed by atoms with Crippen molar-refractivity contribution in [2.45, 2.75) is 44.6 Å². The lowest BCUT2D eigenvalue weighted by atomic mass is 10.1. The zero-order valence-corrected chi connectivity index (χ0v) is 10.9. The minimum absolute atomic E-state index is 0.00150. The van der Waals surface area contributed by atoms with E-state index in [0.29, 0.717) is 12.5 Å². The summed E-state index contributed by atoms with van der Waals surface area (Å²) in [5, 5.41) is 13.9. The summed E-state index contributed by atoms with van der Waals surface area (Å²) in [5.41, 5.74) is 4.95. The van der Waals surface area contributed by atoms with Crippen LogP contribution in [0.25, 0.3) is 0 Å². The molecule has 0 spiro atoms. The Morgan fingerprint density at radius 2 is 1.89 bits per heavy atom. The summed E-state index contributed by atoms with van der Waals surface area (Å²) < 4.78 is 0. The molecule has 7 nitrogen and oxygen atoms in total. The second-order valence-corrected chi connectivity index (χ2v) is 4.90. The van der Waals surface area contributed by atoms with Crippen LogP contribution in [0.15, 0.2) is 0 Å². The molecule has 1 fully saturated rings. The molecule has 108 valence electrons. The monoisotopic (exact) mass is 271 g/mol. The van der Waals surface area contributed by atoms with Crippen molar-refractivity contribution in [1.29, 1.82) is 0 Å². The van der Waals surface area contributed by atoms with E-state index in [1.165, 1.54) is 12.8 Å². The van der Waals surface area contributed by atoms with Gasteiger partial charge in [0.1, 0.15) is 6.04 Å². The summed E-state index contributed by atoms with van der Waals surface area (Å²) >= 11 is 0. The first-order valence-electron chi connectivity index (χ1n) is 6.54. The molecular formula is C12H21N3O4. The standard InChI is InChI=1S/C12H21N3O4/c13-10(16)6-5-9(11(17)18)15-12(19)14-7-8-3-1-2-4-8/h8-9H,1-7H2,(H2,13,16)(H,17,18)(H2,14,15,19). The summed E-state index contributed by atoms with van der Waals surface area (Å²) in [6.07, 6.45) is 4.50. The number of carbonyl (C=O) groups excluding carboxylic acids is 2. The molecular weight excluding hydrogens is 250 g/mol. The van der Waals surface area contributed by atoms with Crippen LogP contribution in [-0.2, 0) is 9.59 Å². The lowest BCUT2D eigenvalue weighted by molar-refractivity contribution is -0.139. The highest BCUT2D eigenvalue weighted by Crippen LogP contribution is 2.23. The Bertz CT molecular complexity index is 340. The van der Waals surface area contributed by atoms with Crippen molar-refractivity contribution in [2.75, 3.05) is 6.54 Å².